The molecule has 65 heavy (non-hydrogen) atoms. The van der Waals surface area contributed by atoms with Gasteiger partial charge in [0.15, 0.2) is 6.29 Å². The molecule has 0 bridgehead atoms. The minimum atomic E-state index is -5.07. The summed E-state index contributed by atoms with van der Waals surface area (Å²) in [5, 5.41) is 44.8. The van der Waals surface area contributed by atoms with Crippen LogP contribution in [-0.4, -0.2) is 95.4 Å². The topological polar surface area (TPSA) is 192 Å². The molecule has 7 atom stereocenters. The van der Waals surface area contributed by atoms with Crippen molar-refractivity contribution in [2.45, 2.75) is 288 Å². The van der Waals surface area contributed by atoms with Gasteiger partial charge in [0.05, 0.1) is 25.4 Å². The molecule has 12 nitrogen and oxygen atoms in total. The molecule has 13 heteroatoms. The Balaban J connectivity index is 2.24. The zero-order valence-electron chi connectivity index (χ0n) is 41.3. The number of amides is 1. The number of aliphatic hydroxyl groups is 4. The molecular formula is C52H99NO11S. The second-order valence-electron chi connectivity index (χ2n) is 18.8. The Morgan fingerprint density at radius 1 is 0.615 bits per heavy atom. The third kappa shape index (κ3) is 35.4. The SMILES string of the molecule is CCCCCCCCCCC/C=C\C/C=C\CCCCCCCCCCCCCCCC(=O)NC(COC1OC(CO)C(O)C(OS(=O)(=O)O)C1O)C(O)CCCCCCCCCCC. The number of aliphatic hydroxyl groups excluding tert-OH is 4. The Morgan fingerprint density at radius 3 is 1.46 bits per heavy atom. The van der Waals surface area contributed by atoms with Crippen molar-refractivity contribution in [1.29, 1.82) is 0 Å². The zero-order chi connectivity index (χ0) is 47.6. The molecular weight excluding hydrogens is 847 g/mol. The van der Waals surface area contributed by atoms with Crippen LogP contribution >= 0.6 is 0 Å². The molecule has 0 saturated carbocycles. The summed E-state index contributed by atoms with van der Waals surface area (Å²) in [5.41, 5.74) is 0. The molecule has 1 rings (SSSR count). The van der Waals surface area contributed by atoms with Gasteiger partial charge in [-0.25, -0.2) is 4.18 Å². The third-order valence-corrected chi connectivity index (χ3v) is 13.2. The summed E-state index contributed by atoms with van der Waals surface area (Å²) < 4.78 is 47.6. The summed E-state index contributed by atoms with van der Waals surface area (Å²) in [6.07, 6.45) is 42.1. The fourth-order valence-electron chi connectivity index (χ4n) is 8.61. The largest absolute Gasteiger partial charge is 0.397 e. The Bertz CT molecular complexity index is 1250. The molecule has 384 valence electrons. The summed E-state index contributed by atoms with van der Waals surface area (Å²) in [6, 6.07) is -0.855. The number of nitrogens with one attached hydrogen (secondary N) is 1. The Labute approximate surface area is 397 Å². The molecule has 0 aliphatic carbocycles. The van der Waals surface area contributed by atoms with Gasteiger partial charge in [-0.05, 0) is 44.9 Å². The lowest BCUT2D eigenvalue weighted by Crippen LogP contribution is -2.61. The van der Waals surface area contributed by atoms with Crippen LogP contribution in [0.25, 0.3) is 0 Å². The van der Waals surface area contributed by atoms with E-state index in [1.807, 2.05) is 0 Å². The molecule has 0 aromatic rings. The molecule has 1 saturated heterocycles. The first-order valence-corrected chi connectivity index (χ1v) is 28.1. The van der Waals surface area contributed by atoms with Crippen molar-refractivity contribution in [3.8, 4) is 0 Å². The van der Waals surface area contributed by atoms with Gasteiger partial charge in [0, 0.05) is 6.42 Å². The highest BCUT2D eigenvalue weighted by Gasteiger charge is 2.48. The summed E-state index contributed by atoms with van der Waals surface area (Å²) in [4.78, 5) is 13.1. The minimum Gasteiger partial charge on any atom is -0.394 e. The van der Waals surface area contributed by atoms with E-state index < -0.39 is 59.9 Å². The van der Waals surface area contributed by atoms with E-state index in [-0.39, 0.29) is 12.5 Å². The van der Waals surface area contributed by atoms with Crippen LogP contribution in [0.15, 0.2) is 24.3 Å². The second-order valence-corrected chi connectivity index (χ2v) is 19.9. The Morgan fingerprint density at radius 2 is 1.03 bits per heavy atom. The molecule has 7 unspecified atom stereocenters. The van der Waals surface area contributed by atoms with Crippen molar-refractivity contribution in [3.05, 3.63) is 24.3 Å². The van der Waals surface area contributed by atoms with Crippen molar-refractivity contribution < 1.29 is 51.8 Å². The second kappa shape index (κ2) is 42.7. The molecule has 1 heterocycles. The van der Waals surface area contributed by atoms with Crippen LogP contribution in [0.4, 0.5) is 0 Å². The Hall–Kier alpha value is -1.42. The van der Waals surface area contributed by atoms with Gasteiger partial charge in [-0.1, -0.05) is 218 Å². The van der Waals surface area contributed by atoms with Gasteiger partial charge in [-0.3, -0.25) is 9.35 Å². The number of unbranched alkanes of at least 4 members (excludes halogenated alkanes) is 30. The predicted octanol–water partition coefficient (Wildman–Crippen LogP) is 11.7. The fraction of sp³-hybridized carbons (Fsp3) is 0.904. The van der Waals surface area contributed by atoms with Gasteiger partial charge in [-0.15, -0.1) is 0 Å². The average molecular weight is 946 g/mol. The van der Waals surface area contributed by atoms with Crippen molar-refractivity contribution in [2.75, 3.05) is 13.2 Å². The molecule has 0 aromatic heterocycles. The molecule has 1 aliphatic rings. The van der Waals surface area contributed by atoms with E-state index in [4.69, 9.17) is 9.47 Å². The maximum Gasteiger partial charge on any atom is 0.397 e. The lowest BCUT2D eigenvalue weighted by molar-refractivity contribution is -0.298. The highest BCUT2D eigenvalue weighted by molar-refractivity contribution is 7.80. The number of hydrogen-bond donors (Lipinski definition) is 6. The van der Waals surface area contributed by atoms with Gasteiger partial charge in [0.2, 0.25) is 5.91 Å². The quantitative estimate of drug-likeness (QED) is 0.0193. The van der Waals surface area contributed by atoms with Gasteiger partial charge < -0.3 is 35.2 Å². The number of hydrogen-bond acceptors (Lipinski definition) is 10. The molecule has 6 N–H and O–H groups in total. The van der Waals surface area contributed by atoms with Crippen molar-refractivity contribution in [2.24, 2.45) is 0 Å². The van der Waals surface area contributed by atoms with E-state index in [0.29, 0.717) is 12.8 Å². The van der Waals surface area contributed by atoms with E-state index in [1.165, 1.54) is 161 Å². The fourth-order valence-corrected chi connectivity index (χ4v) is 9.12. The lowest BCUT2D eigenvalue weighted by Gasteiger charge is -2.41. The summed E-state index contributed by atoms with van der Waals surface area (Å²) >= 11 is 0. The molecule has 1 fully saturated rings. The van der Waals surface area contributed by atoms with Crippen LogP contribution in [0.3, 0.4) is 0 Å². The summed E-state index contributed by atoms with van der Waals surface area (Å²) in [6.45, 7) is 3.43. The highest BCUT2D eigenvalue weighted by Crippen LogP contribution is 2.26. The maximum absolute atomic E-state index is 13.1. The van der Waals surface area contributed by atoms with Crippen LogP contribution in [0.2, 0.25) is 0 Å². The van der Waals surface area contributed by atoms with Crippen LogP contribution < -0.4 is 5.32 Å². The maximum atomic E-state index is 13.1. The van der Waals surface area contributed by atoms with E-state index in [1.54, 1.807) is 0 Å². The number of ether oxygens (including phenoxy) is 2. The number of rotatable bonds is 46. The van der Waals surface area contributed by atoms with Gasteiger partial charge in [-0.2, -0.15) is 8.42 Å². The monoisotopic (exact) mass is 946 g/mol. The number of allylic oxidation sites excluding steroid dienone is 4. The van der Waals surface area contributed by atoms with Gasteiger partial charge in [0.1, 0.15) is 24.4 Å². The standard InChI is InChI=1S/C52H99NO11S/c1-3-5-7-9-11-13-14-15-16-17-18-19-20-21-22-23-24-25-26-27-28-29-30-31-32-34-36-38-40-42-48(56)53-45(46(55)41-39-37-35-33-12-10-8-6-4-2)44-62-52-50(58)51(64-65(59,60)61)49(57)47(43-54)63-52/h18-19,21-22,45-47,49-52,54-55,57-58H,3-17,20,23-44H2,1-2H3,(H,53,56)(H,59,60,61)/b19-18-,22-21-. The summed E-state index contributed by atoms with van der Waals surface area (Å²) in [7, 11) is -5.07. The van der Waals surface area contributed by atoms with Crippen LogP contribution in [-0.2, 0) is 28.9 Å². The highest BCUT2D eigenvalue weighted by atomic mass is 32.3. The average Bonchev–Trinajstić information content (AvgIpc) is 3.28. The van der Waals surface area contributed by atoms with Crippen molar-refractivity contribution in [1.82, 2.24) is 5.32 Å². The first-order chi connectivity index (χ1) is 31.5. The minimum absolute atomic E-state index is 0.231. The number of carbonyl (C=O) groups excluding carboxylic acids is 1. The van der Waals surface area contributed by atoms with E-state index >= 15 is 0 Å². The van der Waals surface area contributed by atoms with Crippen molar-refractivity contribution >= 4 is 16.3 Å². The zero-order valence-corrected chi connectivity index (χ0v) is 42.1. The molecule has 0 radical (unpaired) electrons. The van der Waals surface area contributed by atoms with Crippen LogP contribution in [0, 0.1) is 0 Å². The van der Waals surface area contributed by atoms with Crippen molar-refractivity contribution in [3.63, 3.8) is 0 Å². The van der Waals surface area contributed by atoms with E-state index in [9.17, 15) is 38.2 Å². The molecule has 0 spiro atoms. The normalized spacial score (nSPS) is 20.3. The Kier molecular flexibility index (Phi) is 40.4. The first kappa shape index (κ1) is 61.6. The molecule has 1 amide bonds. The van der Waals surface area contributed by atoms with Gasteiger partial charge in [0.25, 0.3) is 0 Å². The lowest BCUT2D eigenvalue weighted by atomic mass is 9.99. The van der Waals surface area contributed by atoms with Crippen LogP contribution in [0.1, 0.15) is 245 Å². The van der Waals surface area contributed by atoms with Gasteiger partial charge >= 0.3 is 10.4 Å². The smallest absolute Gasteiger partial charge is 0.394 e. The predicted molar refractivity (Wildman–Crippen MR) is 264 cm³/mol. The van der Waals surface area contributed by atoms with E-state index in [0.717, 1.165) is 57.8 Å². The molecule has 0 aromatic carbocycles. The third-order valence-electron chi connectivity index (χ3n) is 12.8. The first-order valence-electron chi connectivity index (χ1n) is 26.7. The van der Waals surface area contributed by atoms with Crippen LogP contribution in [0.5, 0.6) is 0 Å². The van der Waals surface area contributed by atoms with E-state index in [2.05, 4.69) is 47.7 Å². The molecule has 1 aliphatic heterocycles. The summed E-state index contributed by atoms with van der Waals surface area (Å²) in [5.74, 6) is -0.231. The number of carbonyl (C=O) groups is 1.